The Hall–Kier alpha value is -2.10. The van der Waals surface area contributed by atoms with Crippen LogP contribution in [0.5, 0.6) is 0 Å². The molecule has 0 aliphatic heterocycles. The number of hydrogen-bond donors (Lipinski definition) is 0. The van der Waals surface area contributed by atoms with Gasteiger partial charge in [-0.05, 0) is 43.9 Å². The van der Waals surface area contributed by atoms with Gasteiger partial charge in [0.25, 0.3) is 0 Å². The van der Waals surface area contributed by atoms with Crippen molar-refractivity contribution in [3.05, 3.63) is 35.5 Å². The zero-order valence-electron chi connectivity index (χ0n) is 13.8. The molecule has 1 aromatic carbocycles. The molecule has 0 saturated heterocycles. The van der Waals surface area contributed by atoms with Gasteiger partial charge in [-0.1, -0.05) is 19.1 Å². The SMILES string of the molecule is CC(=O)n1cc(C(C)CC(=O)OC(C)C)c2ccc(C)cc21. The van der Waals surface area contributed by atoms with Crippen molar-refractivity contribution in [1.29, 1.82) is 0 Å². The first-order valence-electron chi connectivity index (χ1n) is 7.61. The van der Waals surface area contributed by atoms with Crippen LogP contribution in [0.3, 0.4) is 0 Å². The highest BCUT2D eigenvalue weighted by molar-refractivity contribution is 5.94. The second-order valence-corrected chi connectivity index (χ2v) is 6.14. The van der Waals surface area contributed by atoms with Gasteiger partial charge in [-0.2, -0.15) is 0 Å². The number of hydrogen-bond acceptors (Lipinski definition) is 3. The molecule has 0 amide bonds. The predicted molar refractivity (Wildman–Crippen MR) is 87.2 cm³/mol. The number of carbonyl (C=O) groups is 2. The van der Waals surface area contributed by atoms with E-state index in [0.29, 0.717) is 6.42 Å². The number of ether oxygens (including phenoxy) is 1. The Morgan fingerprint density at radius 2 is 1.91 bits per heavy atom. The first kappa shape index (κ1) is 16.3. The van der Waals surface area contributed by atoms with Crippen molar-refractivity contribution in [2.75, 3.05) is 0 Å². The molecule has 0 spiro atoms. The lowest BCUT2D eigenvalue weighted by Gasteiger charge is -2.12. The number of benzene rings is 1. The largest absolute Gasteiger partial charge is 0.463 e. The molecule has 0 bridgehead atoms. The maximum atomic E-state index is 11.9. The van der Waals surface area contributed by atoms with Gasteiger partial charge >= 0.3 is 5.97 Å². The van der Waals surface area contributed by atoms with Gasteiger partial charge in [-0.3, -0.25) is 14.2 Å². The zero-order chi connectivity index (χ0) is 16.4. The van der Waals surface area contributed by atoms with Crippen molar-refractivity contribution in [2.45, 2.75) is 53.1 Å². The second-order valence-electron chi connectivity index (χ2n) is 6.14. The fourth-order valence-corrected chi connectivity index (χ4v) is 2.69. The number of nitrogens with zero attached hydrogens (tertiary/aromatic N) is 1. The van der Waals surface area contributed by atoms with Crippen LogP contribution in [0.15, 0.2) is 24.4 Å². The number of rotatable bonds is 4. The molecule has 2 rings (SSSR count). The number of aromatic nitrogens is 1. The molecule has 0 N–H and O–H groups in total. The third kappa shape index (κ3) is 3.38. The lowest BCUT2D eigenvalue weighted by molar-refractivity contribution is -0.147. The number of carbonyl (C=O) groups excluding carboxylic acids is 2. The normalized spacial score (nSPS) is 12.6. The van der Waals surface area contributed by atoms with Crippen molar-refractivity contribution in [2.24, 2.45) is 0 Å². The molecule has 0 fully saturated rings. The molecular weight excluding hydrogens is 278 g/mol. The minimum Gasteiger partial charge on any atom is -0.463 e. The number of aryl methyl sites for hydroxylation is 1. The van der Waals surface area contributed by atoms with Crippen LogP contribution in [0.1, 0.15) is 56.0 Å². The first-order chi connectivity index (χ1) is 10.3. The molecule has 4 nitrogen and oxygen atoms in total. The second kappa shape index (κ2) is 6.34. The zero-order valence-corrected chi connectivity index (χ0v) is 13.8. The number of esters is 1. The van der Waals surface area contributed by atoms with Gasteiger partial charge in [0.2, 0.25) is 5.91 Å². The topological polar surface area (TPSA) is 48.3 Å². The van der Waals surface area contributed by atoms with Crippen molar-refractivity contribution >= 4 is 22.8 Å². The summed E-state index contributed by atoms with van der Waals surface area (Å²) in [6.07, 6.45) is 2.05. The van der Waals surface area contributed by atoms with E-state index >= 15 is 0 Å². The lowest BCUT2D eigenvalue weighted by atomic mass is 9.97. The van der Waals surface area contributed by atoms with E-state index in [-0.39, 0.29) is 23.9 Å². The van der Waals surface area contributed by atoms with Crippen LogP contribution in [0.25, 0.3) is 10.9 Å². The van der Waals surface area contributed by atoms with Crippen molar-refractivity contribution in [3.63, 3.8) is 0 Å². The summed E-state index contributed by atoms with van der Waals surface area (Å²) in [6.45, 7) is 9.21. The van der Waals surface area contributed by atoms with E-state index < -0.39 is 0 Å². The molecule has 4 heteroatoms. The Labute approximate surface area is 131 Å². The summed E-state index contributed by atoms with van der Waals surface area (Å²) in [5.74, 6) is -0.241. The van der Waals surface area contributed by atoms with Crippen LogP contribution in [-0.2, 0) is 9.53 Å². The van der Waals surface area contributed by atoms with E-state index in [1.165, 1.54) is 0 Å². The lowest BCUT2D eigenvalue weighted by Crippen LogP contribution is -2.13. The molecule has 0 aliphatic rings. The van der Waals surface area contributed by atoms with E-state index in [4.69, 9.17) is 4.74 Å². The Bertz CT molecular complexity index is 712. The Balaban J connectivity index is 2.38. The van der Waals surface area contributed by atoms with Gasteiger partial charge in [0.15, 0.2) is 0 Å². The maximum Gasteiger partial charge on any atom is 0.306 e. The van der Waals surface area contributed by atoms with Crippen LogP contribution in [-0.4, -0.2) is 22.5 Å². The van der Waals surface area contributed by atoms with Crippen LogP contribution in [0.4, 0.5) is 0 Å². The summed E-state index contributed by atoms with van der Waals surface area (Å²) < 4.78 is 6.87. The monoisotopic (exact) mass is 301 g/mol. The molecule has 0 saturated carbocycles. The van der Waals surface area contributed by atoms with E-state index in [1.54, 1.807) is 11.5 Å². The highest BCUT2D eigenvalue weighted by atomic mass is 16.5. The van der Waals surface area contributed by atoms with Gasteiger partial charge < -0.3 is 4.74 Å². The van der Waals surface area contributed by atoms with Gasteiger partial charge in [-0.25, -0.2) is 0 Å². The smallest absolute Gasteiger partial charge is 0.306 e. The van der Waals surface area contributed by atoms with Gasteiger partial charge in [0.1, 0.15) is 0 Å². The summed E-state index contributed by atoms with van der Waals surface area (Å²) in [7, 11) is 0. The molecule has 0 radical (unpaired) electrons. The fraction of sp³-hybridized carbons (Fsp3) is 0.444. The molecule has 2 aromatic rings. The quantitative estimate of drug-likeness (QED) is 0.800. The van der Waals surface area contributed by atoms with Gasteiger partial charge in [0.05, 0.1) is 18.0 Å². The Kier molecular flexibility index (Phi) is 4.69. The first-order valence-corrected chi connectivity index (χ1v) is 7.61. The van der Waals surface area contributed by atoms with E-state index in [9.17, 15) is 9.59 Å². The third-order valence-corrected chi connectivity index (χ3v) is 3.70. The van der Waals surface area contributed by atoms with Crippen LogP contribution in [0, 0.1) is 6.92 Å². The minimum absolute atomic E-state index is 0.00273. The molecule has 0 aliphatic carbocycles. The maximum absolute atomic E-state index is 11.9. The summed E-state index contributed by atoms with van der Waals surface area (Å²) in [4.78, 5) is 23.7. The standard InChI is InChI=1S/C18H23NO3/c1-11(2)22-18(21)9-13(4)16-10-19(14(5)20)17-8-12(3)6-7-15(16)17/h6-8,10-11,13H,9H2,1-5H3. The van der Waals surface area contributed by atoms with E-state index in [0.717, 1.165) is 22.0 Å². The van der Waals surface area contributed by atoms with Crippen molar-refractivity contribution in [1.82, 2.24) is 4.57 Å². The minimum atomic E-state index is -0.210. The molecule has 1 heterocycles. The Morgan fingerprint density at radius 3 is 2.50 bits per heavy atom. The summed E-state index contributed by atoms with van der Waals surface area (Å²) >= 11 is 0. The van der Waals surface area contributed by atoms with Gasteiger partial charge in [-0.15, -0.1) is 0 Å². The highest BCUT2D eigenvalue weighted by Gasteiger charge is 2.19. The van der Waals surface area contributed by atoms with Crippen molar-refractivity contribution in [3.8, 4) is 0 Å². The molecular formula is C18H23NO3. The van der Waals surface area contributed by atoms with E-state index in [2.05, 4.69) is 0 Å². The molecule has 1 unspecified atom stereocenters. The Morgan fingerprint density at radius 1 is 1.23 bits per heavy atom. The third-order valence-electron chi connectivity index (χ3n) is 3.70. The van der Waals surface area contributed by atoms with Gasteiger partial charge in [0, 0.05) is 18.5 Å². The fourth-order valence-electron chi connectivity index (χ4n) is 2.69. The van der Waals surface area contributed by atoms with Crippen LogP contribution in [0.2, 0.25) is 0 Å². The van der Waals surface area contributed by atoms with Crippen molar-refractivity contribution < 1.29 is 14.3 Å². The molecule has 118 valence electrons. The molecule has 1 atom stereocenters. The van der Waals surface area contributed by atoms with Crippen LogP contribution >= 0.6 is 0 Å². The average Bonchev–Trinajstić information content (AvgIpc) is 2.76. The van der Waals surface area contributed by atoms with E-state index in [1.807, 2.05) is 52.1 Å². The number of fused-ring (bicyclic) bond motifs is 1. The molecule has 1 aromatic heterocycles. The average molecular weight is 301 g/mol. The van der Waals surface area contributed by atoms with Crippen LogP contribution < -0.4 is 0 Å². The predicted octanol–water partition coefficient (Wildman–Crippen LogP) is 4.06. The summed E-state index contributed by atoms with van der Waals surface area (Å²) in [5, 5.41) is 1.02. The summed E-state index contributed by atoms with van der Waals surface area (Å²) in [5.41, 5.74) is 3.00. The highest BCUT2D eigenvalue weighted by Crippen LogP contribution is 2.30. The molecule has 22 heavy (non-hydrogen) atoms. The summed E-state index contributed by atoms with van der Waals surface area (Å²) in [6, 6.07) is 6.04.